The van der Waals surface area contributed by atoms with Crippen LogP contribution in [0.4, 0.5) is 0 Å². The fourth-order valence-corrected chi connectivity index (χ4v) is 2.18. The van der Waals surface area contributed by atoms with E-state index >= 15 is 0 Å². The van der Waals surface area contributed by atoms with E-state index < -0.39 is 0 Å². The van der Waals surface area contributed by atoms with E-state index in [1.54, 1.807) is 11.8 Å². The number of nitrogens with zero attached hydrogens (tertiary/aromatic N) is 2. The van der Waals surface area contributed by atoms with Gasteiger partial charge in [0.15, 0.2) is 0 Å². The highest BCUT2D eigenvalue weighted by Gasteiger charge is 2.03. The number of carbonyl (C=O) groups is 1. The molecule has 15 heavy (non-hydrogen) atoms. The number of aryl methyl sites for hydroxylation is 2. The molecule has 1 aromatic rings. The Bertz CT molecular complexity index is 337. The van der Waals surface area contributed by atoms with Gasteiger partial charge in [-0.1, -0.05) is 0 Å². The van der Waals surface area contributed by atoms with Crippen LogP contribution >= 0.6 is 11.8 Å². The van der Waals surface area contributed by atoms with Gasteiger partial charge in [0.2, 0.25) is 5.91 Å². The molecule has 1 amide bonds. The van der Waals surface area contributed by atoms with Gasteiger partial charge in [-0.2, -0.15) is 5.10 Å². The van der Waals surface area contributed by atoms with Crippen LogP contribution in [0.25, 0.3) is 0 Å². The Morgan fingerprint density at radius 2 is 2.47 bits per heavy atom. The minimum absolute atomic E-state index is 0.114. The van der Waals surface area contributed by atoms with Crippen LogP contribution in [0.2, 0.25) is 0 Å². The van der Waals surface area contributed by atoms with Crippen molar-refractivity contribution < 1.29 is 4.79 Å². The second-order valence-electron chi connectivity index (χ2n) is 3.27. The van der Waals surface area contributed by atoms with Gasteiger partial charge in [-0.25, -0.2) is 5.84 Å². The van der Waals surface area contributed by atoms with Gasteiger partial charge in [0, 0.05) is 13.5 Å². The first-order chi connectivity index (χ1) is 7.13. The maximum Gasteiger partial charge on any atom is 0.233 e. The summed E-state index contributed by atoms with van der Waals surface area (Å²) in [6, 6.07) is 2.04. The van der Waals surface area contributed by atoms with Crippen molar-refractivity contribution in [2.75, 3.05) is 5.75 Å². The first kappa shape index (κ1) is 12.1. The molecule has 0 aliphatic heterocycles. The molecule has 0 aliphatic carbocycles. The molecule has 0 saturated heterocycles. The molecular formula is C9H16N4OS. The van der Waals surface area contributed by atoms with Gasteiger partial charge in [0.25, 0.3) is 0 Å². The predicted octanol–water partition coefficient (Wildman–Crippen LogP) is 0.591. The number of nitrogens with two attached hydrogens (primary N) is 1. The Balaban J connectivity index is 2.26. The average Bonchev–Trinajstić information content (AvgIpc) is 2.52. The minimum atomic E-state index is -0.114. The lowest BCUT2D eigenvalue weighted by molar-refractivity contribution is -0.121. The maximum atomic E-state index is 10.8. The molecule has 0 bridgehead atoms. The number of hydrogen-bond acceptors (Lipinski definition) is 4. The van der Waals surface area contributed by atoms with Crippen LogP contribution in [0.3, 0.4) is 0 Å². The van der Waals surface area contributed by atoms with E-state index in [2.05, 4.69) is 10.5 Å². The number of carbonyl (C=O) groups excluding carboxylic acids is 1. The highest BCUT2D eigenvalue weighted by atomic mass is 32.2. The number of hydrazine groups is 1. The van der Waals surface area contributed by atoms with Crippen LogP contribution in [-0.4, -0.2) is 21.4 Å². The molecule has 3 N–H and O–H groups in total. The minimum Gasteiger partial charge on any atom is -0.294 e. The van der Waals surface area contributed by atoms with Gasteiger partial charge in [-0.05, 0) is 25.2 Å². The molecule has 0 aliphatic rings. The predicted molar refractivity (Wildman–Crippen MR) is 60.2 cm³/mol. The lowest BCUT2D eigenvalue weighted by Crippen LogP contribution is -2.29. The monoisotopic (exact) mass is 228 g/mol. The number of hydrogen-bond donors (Lipinski definition) is 2. The van der Waals surface area contributed by atoms with E-state index in [1.165, 1.54) is 0 Å². The number of aromatic nitrogens is 2. The summed E-state index contributed by atoms with van der Waals surface area (Å²) in [4.78, 5) is 10.8. The van der Waals surface area contributed by atoms with Crippen molar-refractivity contribution in [2.45, 2.75) is 24.8 Å². The fourth-order valence-electron chi connectivity index (χ4n) is 1.20. The van der Waals surface area contributed by atoms with Crippen molar-refractivity contribution in [3.8, 4) is 0 Å². The van der Waals surface area contributed by atoms with Gasteiger partial charge in [-0.3, -0.25) is 14.9 Å². The van der Waals surface area contributed by atoms with Gasteiger partial charge >= 0.3 is 0 Å². The molecule has 0 radical (unpaired) electrons. The molecule has 1 heterocycles. The zero-order chi connectivity index (χ0) is 11.3. The Labute approximate surface area is 93.4 Å². The number of thioether (sulfide) groups is 1. The smallest absolute Gasteiger partial charge is 0.233 e. The van der Waals surface area contributed by atoms with Gasteiger partial charge in [0.1, 0.15) is 0 Å². The van der Waals surface area contributed by atoms with Crippen LogP contribution in [-0.2, 0) is 11.8 Å². The van der Waals surface area contributed by atoms with Crippen LogP contribution in [0.1, 0.15) is 18.5 Å². The lowest BCUT2D eigenvalue weighted by atomic mass is 10.3. The van der Waals surface area contributed by atoms with Crippen LogP contribution in [0.5, 0.6) is 0 Å². The normalized spacial score (nSPS) is 10.3. The fraction of sp³-hybridized carbons (Fsp3) is 0.556. The van der Waals surface area contributed by atoms with Crippen LogP contribution in [0.15, 0.2) is 11.1 Å². The summed E-state index contributed by atoms with van der Waals surface area (Å²) in [7, 11) is 1.92. The molecule has 1 aromatic heterocycles. The molecule has 1 rings (SSSR count). The summed E-state index contributed by atoms with van der Waals surface area (Å²) in [5.41, 5.74) is 3.13. The van der Waals surface area contributed by atoms with Crippen molar-refractivity contribution in [1.29, 1.82) is 0 Å². The number of nitrogens with one attached hydrogen (secondary N) is 1. The maximum absolute atomic E-state index is 10.8. The summed E-state index contributed by atoms with van der Waals surface area (Å²) in [5.74, 6) is 5.75. The molecule has 0 saturated carbocycles. The summed E-state index contributed by atoms with van der Waals surface area (Å²) in [6.07, 6.45) is 1.29. The summed E-state index contributed by atoms with van der Waals surface area (Å²) >= 11 is 1.70. The number of amides is 1. The Kier molecular flexibility index (Phi) is 4.64. The topological polar surface area (TPSA) is 72.9 Å². The van der Waals surface area contributed by atoms with Crippen molar-refractivity contribution in [3.63, 3.8) is 0 Å². The first-order valence-corrected chi connectivity index (χ1v) is 5.75. The molecular weight excluding hydrogens is 212 g/mol. The van der Waals surface area contributed by atoms with Crippen molar-refractivity contribution >= 4 is 17.7 Å². The standard InChI is InChI=1S/C9H16N4OS/c1-7-6-9(13(2)12-7)15-5-3-4-8(14)11-10/h6H,3-5,10H2,1-2H3,(H,11,14). The first-order valence-electron chi connectivity index (χ1n) is 4.76. The Morgan fingerprint density at radius 3 is 3.00 bits per heavy atom. The zero-order valence-corrected chi connectivity index (χ0v) is 9.80. The molecule has 0 fully saturated rings. The van der Waals surface area contributed by atoms with Crippen LogP contribution in [0, 0.1) is 6.92 Å². The lowest BCUT2D eigenvalue weighted by Gasteiger charge is -2.01. The Hall–Kier alpha value is -1.01. The molecule has 0 aromatic carbocycles. The molecule has 0 unspecified atom stereocenters. The molecule has 0 spiro atoms. The van der Waals surface area contributed by atoms with Gasteiger partial charge < -0.3 is 0 Å². The number of rotatable bonds is 5. The van der Waals surface area contributed by atoms with Gasteiger partial charge in [-0.15, -0.1) is 11.8 Å². The SMILES string of the molecule is Cc1cc(SCCCC(=O)NN)n(C)n1. The van der Waals surface area contributed by atoms with Crippen molar-refractivity contribution in [3.05, 3.63) is 11.8 Å². The van der Waals surface area contributed by atoms with E-state index in [4.69, 9.17) is 5.84 Å². The van der Waals surface area contributed by atoms with E-state index in [-0.39, 0.29) is 5.91 Å². The van der Waals surface area contributed by atoms with E-state index in [9.17, 15) is 4.79 Å². The Morgan fingerprint density at radius 1 is 1.73 bits per heavy atom. The largest absolute Gasteiger partial charge is 0.294 e. The van der Waals surface area contributed by atoms with E-state index in [1.807, 2.05) is 24.7 Å². The second-order valence-corrected chi connectivity index (χ2v) is 4.38. The molecule has 84 valence electrons. The third-order valence-corrected chi connectivity index (χ3v) is 3.09. The average molecular weight is 228 g/mol. The third kappa shape index (κ3) is 3.93. The highest BCUT2D eigenvalue weighted by Crippen LogP contribution is 2.19. The van der Waals surface area contributed by atoms with E-state index in [0.717, 1.165) is 22.9 Å². The highest BCUT2D eigenvalue weighted by molar-refractivity contribution is 7.99. The van der Waals surface area contributed by atoms with Crippen molar-refractivity contribution in [2.24, 2.45) is 12.9 Å². The quantitative estimate of drug-likeness (QED) is 0.254. The third-order valence-electron chi connectivity index (χ3n) is 1.92. The zero-order valence-electron chi connectivity index (χ0n) is 8.99. The summed E-state index contributed by atoms with van der Waals surface area (Å²) in [5, 5.41) is 5.36. The molecule has 0 atom stereocenters. The van der Waals surface area contributed by atoms with E-state index in [0.29, 0.717) is 6.42 Å². The summed E-state index contributed by atoms with van der Waals surface area (Å²) in [6.45, 7) is 1.96. The van der Waals surface area contributed by atoms with Gasteiger partial charge in [0.05, 0.1) is 10.7 Å². The molecule has 6 heteroatoms. The second kappa shape index (κ2) is 5.77. The summed E-state index contributed by atoms with van der Waals surface area (Å²) < 4.78 is 1.85. The van der Waals surface area contributed by atoms with Crippen molar-refractivity contribution in [1.82, 2.24) is 15.2 Å². The van der Waals surface area contributed by atoms with Crippen LogP contribution < -0.4 is 11.3 Å². The molecule has 5 nitrogen and oxygen atoms in total.